The highest BCUT2D eigenvalue weighted by Crippen LogP contribution is 2.09. The third kappa shape index (κ3) is 2.72. The normalized spacial score (nSPS) is 12.1. The molecule has 1 aromatic heterocycles. The lowest BCUT2D eigenvalue weighted by molar-refractivity contribution is 0.0922. The van der Waals surface area contributed by atoms with Gasteiger partial charge in [0.15, 0.2) is 0 Å². The molecule has 2 aromatic rings. The summed E-state index contributed by atoms with van der Waals surface area (Å²) in [4.78, 5) is 15.7. The number of hydrogen-bond donors (Lipinski definition) is 2. The van der Waals surface area contributed by atoms with E-state index in [9.17, 15) is 4.79 Å². The molecule has 1 aromatic carbocycles. The number of hydrogen-bond acceptors (Lipinski definition) is 4. The van der Waals surface area contributed by atoms with Gasteiger partial charge in [-0.1, -0.05) is 6.07 Å². The Morgan fingerprint density at radius 3 is 3.06 bits per heavy atom. The number of nitrogens with one attached hydrogen (secondary N) is 1. The minimum atomic E-state index is -0.271. The van der Waals surface area contributed by atoms with Gasteiger partial charge in [0.05, 0.1) is 12.3 Å². The summed E-state index contributed by atoms with van der Waals surface area (Å²) in [5, 5.41) is 15.6. The van der Waals surface area contributed by atoms with Crippen LogP contribution in [0.1, 0.15) is 17.3 Å². The van der Waals surface area contributed by atoms with E-state index in [2.05, 4.69) is 15.4 Å². The van der Waals surface area contributed by atoms with Crippen molar-refractivity contribution in [2.75, 3.05) is 6.61 Å². The molecule has 0 saturated carbocycles. The fourth-order valence-electron chi connectivity index (χ4n) is 1.48. The van der Waals surface area contributed by atoms with Crippen molar-refractivity contribution in [2.45, 2.75) is 13.0 Å². The lowest BCUT2D eigenvalue weighted by Crippen LogP contribution is -2.35. The smallest absolute Gasteiger partial charge is 0.251 e. The molecule has 0 aliphatic heterocycles. The number of nitrogens with zero attached hydrogens (tertiary/aromatic N) is 3. The summed E-state index contributed by atoms with van der Waals surface area (Å²) < 4.78 is 1.58. The molecular weight excluding hydrogens is 232 g/mol. The Bertz CT molecular complexity index is 525. The van der Waals surface area contributed by atoms with Crippen LogP contribution in [0.2, 0.25) is 0 Å². The summed E-state index contributed by atoms with van der Waals surface area (Å²) in [6.45, 7) is 1.65. The monoisotopic (exact) mass is 246 g/mol. The molecule has 0 radical (unpaired) electrons. The Hall–Kier alpha value is -2.21. The molecule has 0 fully saturated rings. The summed E-state index contributed by atoms with van der Waals surface area (Å²) in [7, 11) is 0. The minimum Gasteiger partial charge on any atom is -0.394 e. The van der Waals surface area contributed by atoms with E-state index >= 15 is 0 Å². The van der Waals surface area contributed by atoms with Gasteiger partial charge >= 0.3 is 0 Å². The van der Waals surface area contributed by atoms with E-state index in [1.807, 2.05) is 6.07 Å². The van der Waals surface area contributed by atoms with Gasteiger partial charge in [-0.25, -0.2) is 9.67 Å². The van der Waals surface area contributed by atoms with Gasteiger partial charge in [0.25, 0.3) is 5.91 Å². The van der Waals surface area contributed by atoms with E-state index in [0.717, 1.165) is 5.69 Å². The molecule has 94 valence electrons. The Morgan fingerprint density at radius 1 is 1.56 bits per heavy atom. The molecule has 1 atom stereocenters. The van der Waals surface area contributed by atoms with Crippen molar-refractivity contribution in [1.29, 1.82) is 0 Å². The van der Waals surface area contributed by atoms with Crippen LogP contribution in [0, 0.1) is 0 Å². The van der Waals surface area contributed by atoms with E-state index in [0.29, 0.717) is 5.56 Å². The Labute approximate surface area is 104 Å². The predicted octanol–water partition coefficient (Wildman–Crippen LogP) is 0.378. The van der Waals surface area contributed by atoms with Gasteiger partial charge < -0.3 is 10.4 Å². The molecule has 1 unspecified atom stereocenters. The lowest BCUT2D eigenvalue weighted by atomic mass is 10.2. The summed E-state index contributed by atoms with van der Waals surface area (Å²) in [5.41, 5.74) is 1.28. The maximum atomic E-state index is 11.9. The van der Waals surface area contributed by atoms with Crippen LogP contribution < -0.4 is 5.32 Å². The van der Waals surface area contributed by atoms with E-state index < -0.39 is 0 Å². The maximum absolute atomic E-state index is 11.9. The highest BCUT2D eigenvalue weighted by molar-refractivity contribution is 5.94. The first kappa shape index (κ1) is 12.3. The number of carbonyl (C=O) groups is 1. The van der Waals surface area contributed by atoms with Gasteiger partial charge in [-0.15, -0.1) is 0 Å². The van der Waals surface area contributed by atoms with Crippen LogP contribution in [0.25, 0.3) is 5.69 Å². The molecule has 0 bridgehead atoms. The van der Waals surface area contributed by atoms with Gasteiger partial charge in [-0.05, 0) is 25.1 Å². The zero-order valence-corrected chi connectivity index (χ0v) is 9.95. The molecule has 0 aliphatic rings. The number of rotatable bonds is 4. The maximum Gasteiger partial charge on any atom is 0.251 e. The van der Waals surface area contributed by atoms with Crippen molar-refractivity contribution in [3.8, 4) is 5.69 Å². The highest BCUT2D eigenvalue weighted by atomic mass is 16.3. The molecule has 6 heteroatoms. The van der Waals surface area contributed by atoms with Gasteiger partial charge in [0.2, 0.25) is 0 Å². The second-order valence-corrected chi connectivity index (χ2v) is 3.95. The third-order valence-electron chi connectivity index (χ3n) is 2.44. The summed E-state index contributed by atoms with van der Waals surface area (Å²) in [6, 6.07) is 6.76. The molecule has 6 nitrogen and oxygen atoms in total. The quantitative estimate of drug-likeness (QED) is 0.817. The predicted molar refractivity (Wildman–Crippen MR) is 65.4 cm³/mol. The lowest BCUT2D eigenvalue weighted by Gasteiger charge is -2.11. The van der Waals surface area contributed by atoms with E-state index in [1.165, 1.54) is 6.33 Å². The van der Waals surface area contributed by atoms with Crippen molar-refractivity contribution >= 4 is 5.91 Å². The SMILES string of the molecule is CC(CO)NC(=O)c1cccc(-n2cncn2)c1. The van der Waals surface area contributed by atoms with Crippen molar-refractivity contribution < 1.29 is 9.90 Å². The van der Waals surface area contributed by atoms with Gasteiger partial charge in [0.1, 0.15) is 12.7 Å². The first-order valence-corrected chi connectivity index (χ1v) is 5.57. The number of aliphatic hydroxyl groups is 1. The van der Waals surface area contributed by atoms with Crippen molar-refractivity contribution in [3.63, 3.8) is 0 Å². The van der Waals surface area contributed by atoms with E-state index in [-0.39, 0.29) is 18.6 Å². The van der Waals surface area contributed by atoms with Crippen LogP contribution in [0.5, 0.6) is 0 Å². The first-order chi connectivity index (χ1) is 8.70. The zero-order valence-electron chi connectivity index (χ0n) is 9.95. The third-order valence-corrected chi connectivity index (χ3v) is 2.44. The summed E-state index contributed by atoms with van der Waals surface area (Å²) in [5.74, 6) is -0.224. The van der Waals surface area contributed by atoms with Crippen molar-refractivity contribution in [1.82, 2.24) is 20.1 Å². The summed E-state index contributed by atoms with van der Waals surface area (Å²) in [6.07, 6.45) is 2.99. The highest BCUT2D eigenvalue weighted by Gasteiger charge is 2.09. The van der Waals surface area contributed by atoms with Crippen molar-refractivity contribution in [2.24, 2.45) is 0 Å². The van der Waals surface area contributed by atoms with Crippen LogP contribution in [-0.4, -0.2) is 38.4 Å². The van der Waals surface area contributed by atoms with Crippen LogP contribution >= 0.6 is 0 Å². The standard InChI is InChI=1S/C12H14N4O2/c1-9(6-17)15-12(18)10-3-2-4-11(5-10)16-8-13-7-14-16/h2-5,7-9,17H,6H2,1H3,(H,15,18). The minimum absolute atomic E-state index is 0.0888. The molecule has 2 rings (SSSR count). The second kappa shape index (κ2) is 5.42. The molecular formula is C12H14N4O2. The average Bonchev–Trinajstić information content (AvgIpc) is 2.92. The molecule has 0 spiro atoms. The molecule has 1 amide bonds. The van der Waals surface area contributed by atoms with Crippen LogP contribution in [0.4, 0.5) is 0 Å². The van der Waals surface area contributed by atoms with Crippen molar-refractivity contribution in [3.05, 3.63) is 42.5 Å². The largest absolute Gasteiger partial charge is 0.394 e. The molecule has 0 aliphatic carbocycles. The Balaban J connectivity index is 2.20. The van der Waals surface area contributed by atoms with E-state index in [4.69, 9.17) is 5.11 Å². The number of carbonyl (C=O) groups excluding carboxylic acids is 1. The average molecular weight is 246 g/mol. The fraction of sp³-hybridized carbons (Fsp3) is 0.250. The molecule has 2 N–H and O–H groups in total. The number of benzene rings is 1. The second-order valence-electron chi connectivity index (χ2n) is 3.95. The molecule has 0 saturated heterocycles. The Kier molecular flexibility index (Phi) is 3.69. The number of aliphatic hydroxyl groups excluding tert-OH is 1. The summed E-state index contributed by atoms with van der Waals surface area (Å²) >= 11 is 0. The zero-order chi connectivity index (χ0) is 13.0. The van der Waals surface area contributed by atoms with Crippen LogP contribution in [0.15, 0.2) is 36.9 Å². The van der Waals surface area contributed by atoms with Gasteiger partial charge in [-0.3, -0.25) is 4.79 Å². The van der Waals surface area contributed by atoms with Gasteiger partial charge in [0, 0.05) is 11.6 Å². The fourth-order valence-corrected chi connectivity index (χ4v) is 1.48. The van der Waals surface area contributed by atoms with Crippen LogP contribution in [0.3, 0.4) is 0 Å². The molecule has 1 heterocycles. The number of amides is 1. The van der Waals surface area contributed by atoms with E-state index in [1.54, 1.807) is 36.1 Å². The first-order valence-electron chi connectivity index (χ1n) is 5.57. The Morgan fingerprint density at radius 2 is 2.39 bits per heavy atom. The topological polar surface area (TPSA) is 80.0 Å². The number of aromatic nitrogens is 3. The van der Waals surface area contributed by atoms with Crippen LogP contribution in [-0.2, 0) is 0 Å². The molecule has 18 heavy (non-hydrogen) atoms. The van der Waals surface area contributed by atoms with Gasteiger partial charge in [-0.2, -0.15) is 5.10 Å².